The van der Waals surface area contributed by atoms with Crippen LogP contribution >= 0.6 is 0 Å². The van der Waals surface area contributed by atoms with Crippen LogP contribution in [0.5, 0.6) is 0 Å². The van der Waals surface area contributed by atoms with Gasteiger partial charge >= 0.3 is 64.5 Å². The summed E-state index contributed by atoms with van der Waals surface area (Å²) < 4.78 is 243. The Bertz CT molecular complexity index is 780. The SMILES string of the molecule is CO[Si](C)(CCC(F)(F)C(F)(F)C(F)(F)C(F)(F)C(F)(F)C(F)(F)C(F)(F)C(F)(F)CC[Si](C)(OC)OC)OC. The van der Waals surface area contributed by atoms with Crippen LogP contribution in [0.2, 0.25) is 25.2 Å². The molecule has 0 amide bonds. The smallest absolute Gasteiger partial charge is 0.384 e. The van der Waals surface area contributed by atoms with Crippen molar-refractivity contribution in [1.29, 1.82) is 0 Å². The van der Waals surface area contributed by atoms with Crippen molar-refractivity contribution in [2.45, 2.75) is 85.4 Å². The van der Waals surface area contributed by atoms with Crippen molar-refractivity contribution in [3.05, 3.63) is 0 Å². The van der Waals surface area contributed by atoms with Gasteiger partial charge in [0.25, 0.3) is 0 Å². The molecule has 0 saturated heterocycles. The summed E-state index contributed by atoms with van der Waals surface area (Å²) in [4.78, 5) is 0. The fourth-order valence-corrected chi connectivity index (χ4v) is 5.59. The Morgan fingerprint density at radius 2 is 0.550 bits per heavy atom. The molecule has 0 aromatic heterocycles. The molecule has 242 valence electrons. The highest BCUT2D eigenvalue weighted by atomic mass is 28.4. The number of alkyl halides is 16. The largest absolute Gasteiger partial charge is 0.398 e. The molecule has 0 N–H and O–H groups in total. The standard InChI is InChI=1S/C18H26F16O4Si2/c1-35-39(5,36-2)9-7-11(19,20)13(23,24)15(27,28)17(31,32)18(33,34)16(29,30)14(25,26)12(21,22)8-10-40(6,37-3)38-4/h7-10H2,1-6H3. The van der Waals surface area contributed by atoms with E-state index in [0.29, 0.717) is 0 Å². The molecular weight excluding hydrogens is 640 g/mol. The Hall–Kier alpha value is -0.846. The van der Waals surface area contributed by atoms with Crippen molar-refractivity contribution in [1.82, 2.24) is 0 Å². The van der Waals surface area contributed by atoms with E-state index >= 15 is 0 Å². The van der Waals surface area contributed by atoms with Crippen LogP contribution in [-0.2, 0) is 17.7 Å². The molecule has 0 bridgehead atoms. The van der Waals surface area contributed by atoms with Gasteiger partial charge in [-0.1, -0.05) is 0 Å². The van der Waals surface area contributed by atoms with Crippen LogP contribution in [0.4, 0.5) is 70.2 Å². The molecule has 0 spiro atoms. The lowest BCUT2D eigenvalue weighted by molar-refractivity contribution is -0.453. The second-order valence-electron chi connectivity index (χ2n) is 8.94. The molecule has 0 atom stereocenters. The van der Waals surface area contributed by atoms with Gasteiger partial charge in [0.2, 0.25) is 0 Å². The van der Waals surface area contributed by atoms with Crippen LogP contribution in [0.1, 0.15) is 12.8 Å². The highest BCUT2D eigenvalue weighted by Gasteiger charge is 2.94. The molecule has 0 aliphatic rings. The van der Waals surface area contributed by atoms with Crippen molar-refractivity contribution in [3.8, 4) is 0 Å². The summed E-state index contributed by atoms with van der Waals surface area (Å²) in [6.45, 7) is 1.80. The molecule has 40 heavy (non-hydrogen) atoms. The van der Waals surface area contributed by atoms with Crippen LogP contribution in [0.25, 0.3) is 0 Å². The number of rotatable bonds is 17. The first kappa shape index (κ1) is 39.2. The molecule has 0 saturated carbocycles. The van der Waals surface area contributed by atoms with Crippen LogP contribution < -0.4 is 0 Å². The van der Waals surface area contributed by atoms with E-state index in [-0.39, 0.29) is 0 Å². The van der Waals surface area contributed by atoms with Crippen molar-refractivity contribution in [2.75, 3.05) is 28.4 Å². The molecule has 0 unspecified atom stereocenters. The van der Waals surface area contributed by atoms with Crippen molar-refractivity contribution in [3.63, 3.8) is 0 Å². The quantitative estimate of drug-likeness (QED) is 0.119. The molecular formula is C18H26F16O4Si2. The van der Waals surface area contributed by atoms with E-state index < -0.39 is 89.4 Å². The van der Waals surface area contributed by atoms with E-state index in [1.807, 2.05) is 0 Å². The monoisotopic (exact) mass is 666 g/mol. The molecule has 22 heteroatoms. The van der Waals surface area contributed by atoms with E-state index in [4.69, 9.17) is 0 Å². The average molecular weight is 667 g/mol. The first-order chi connectivity index (χ1) is 17.4. The van der Waals surface area contributed by atoms with E-state index in [9.17, 15) is 70.2 Å². The molecule has 0 aromatic carbocycles. The van der Waals surface area contributed by atoms with Crippen LogP contribution in [-0.4, -0.2) is 92.9 Å². The Morgan fingerprint density at radius 3 is 0.725 bits per heavy atom. The van der Waals surface area contributed by atoms with Gasteiger partial charge in [-0.15, -0.1) is 0 Å². The van der Waals surface area contributed by atoms with E-state index in [1.54, 1.807) is 0 Å². The minimum absolute atomic E-state index is 0.792. The first-order valence-electron chi connectivity index (χ1n) is 10.6. The van der Waals surface area contributed by atoms with Crippen LogP contribution in [0.15, 0.2) is 0 Å². The fraction of sp³-hybridized carbons (Fsp3) is 1.00. The normalized spacial score (nSPS) is 16.1. The molecule has 0 heterocycles. The Labute approximate surface area is 219 Å². The summed E-state index contributed by atoms with van der Waals surface area (Å²) in [5.74, 6) is -61.4. The molecule has 0 aliphatic carbocycles. The van der Waals surface area contributed by atoms with Gasteiger partial charge in [0.1, 0.15) is 0 Å². The Balaban J connectivity index is 6.61. The summed E-state index contributed by atoms with van der Waals surface area (Å²) in [5, 5.41) is 0. The summed E-state index contributed by atoms with van der Waals surface area (Å²) in [7, 11) is -4.51. The van der Waals surface area contributed by atoms with Gasteiger partial charge in [-0.25, -0.2) is 0 Å². The Morgan fingerprint density at radius 1 is 0.375 bits per heavy atom. The third-order valence-corrected chi connectivity index (χ3v) is 12.2. The number of hydrogen-bond acceptors (Lipinski definition) is 4. The zero-order chi connectivity index (χ0) is 32.7. The molecule has 4 nitrogen and oxygen atoms in total. The average Bonchev–Trinajstić information content (AvgIpc) is 2.85. The van der Waals surface area contributed by atoms with Crippen LogP contribution in [0, 0.1) is 0 Å². The molecule has 0 aliphatic heterocycles. The topological polar surface area (TPSA) is 36.9 Å². The second kappa shape index (κ2) is 11.7. The molecule has 0 rings (SSSR count). The third-order valence-electron chi connectivity index (χ3n) is 6.40. The predicted molar refractivity (Wildman–Crippen MR) is 110 cm³/mol. The maximum absolute atomic E-state index is 14.1. The third kappa shape index (κ3) is 6.25. The van der Waals surface area contributed by atoms with E-state index in [2.05, 4.69) is 17.7 Å². The van der Waals surface area contributed by atoms with Crippen molar-refractivity contribution >= 4 is 17.1 Å². The predicted octanol–water partition coefficient (Wildman–Crippen LogP) is 7.58. The van der Waals surface area contributed by atoms with Gasteiger partial charge in [-0.3, -0.25) is 0 Å². The summed E-state index contributed by atoms with van der Waals surface area (Å²) in [6, 6.07) is -2.74. The van der Waals surface area contributed by atoms with Gasteiger partial charge in [-0.2, -0.15) is 70.2 Å². The first-order valence-corrected chi connectivity index (χ1v) is 15.7. The maximum Gasteiger partial charge on any atom is 0.384 e. The number of halogens is 16. The van der Waals surface area contributed by atoms with Crippen LogP contribution in [0.3, 0.4) is 0 Å². The van der Waals surface area contributed by atoms with Gasteiger partial charge in [0.15, 0.2) is 0 Å². The zero-order valence-electron chi connectivity index (χ0n) is 21.5. The minimum atomic E-state index is -8.46. The van der Waals surface area contributed by atoms with E-state index in [1.165, 1.54) is 0 Å². The lowest BCUT2D eigenvalue weighted by atomic mass is 9.87. The second-order valence-corrected chi connectivity index (χ2v) is 16.1. The van der Waals surface area contributed by atoms with Crippen molar-refractivity contribution < 1.29 is 88.0 Å². The van der Waals surface area contributed by atoms with Gasteiger partial charge < -0.3 is 17.7 Å². The molecule has 0 fully saturated rings. The lowest BCUT2D eigenvalue weighted by Crippen LogP contribution is -2.74. The van der Waals surface area contributed by atoms with E-state index in [0.717, 1.165) is 41.5 Å². The summed E-state index contributed by atoms with van der Waals surface area (Å²) in [5.41, 5.74) is 0. The highest BCUT2D eigenvalue weighted by Crippen LogP contribution is 2.64. The van der Waals surface area contributed by atoms with Gasteiger partial charge in [0.05, 0.1) is 0 Å². The van der Waals surface area contributed by atoms with Crippen molar-refractivity contribution in [2.24, 2.45) is 0 Å². The molecule has 0 aromatic rings. The molecule has 0 radical (unpaired) electrons. The maximum atomic E-state index is 14.1. The summed E-state index contributed by atoms with van der Waals surface area (Å²) in [6.07, 6.45) is -5.04. The minimum Gasteiger partial charge on any atom is -0.398 e. The highest BCUT2D eigenvalue weighted by molar-refractivity contribution is 6.66. The van der Waals surface area contributed by atoms with Gasteiger partial charge in [0, 0.05) is 41.3 Å². The lowest BCUT2D eigenvalue weighted by Gasteiger charge is -2.44. The van der Waals surface area contributed by atoms with Gasteiger partial charge in [-0.05, 0) is 25.2 Å². The number of hydrogen-bond donors (Lipinski definition) is 0. The summed E-state index contributed by atoms with van der Waals surface area (Å²) >= 11 is 0. The fourth-order valence-electron chi connectivity index (χ4n) is 2.91. The zero-order valence-corrected chi connectivity index (χ0v) is 23.5. The Kier molecular flexibility index (Phi) is 11.4.